The second kappa shape index (κ2) is 11.0. The Bertz CT molecular complexity index is 938. The summed E-state index contributed by atoms with van der Waals surface area (Å²) < 4.78 is 10.9. The van der Waals surface area contributed by atoms with Gasteiger partial charge in [-0.05, 0) is 70.9 Å². The molecule has 2 aliphatic rings. The summed E-state index contributed by atoms with van der Waals surface area (Å²) in [7, 11) is 1.37. The maximum Gasteiger partial charge on any atom is 0.411 e. The quantitative estimate of drug-likeness (QED) is 0.212. The number of halogens is 1. The molecule has 2 fully saturated rings. The van der Waals surface area contributed by atoms with Gasteiger partial charge < -0.3 is 14.4 Å². The van der Waals surface area contributed by atoms with Crippen LogP contribution in [-0.4, -0.2) is 64.1 Å². The Kier molecular flexibility index (Phi) is 8.51. The maximum absolute atomic E-state index is 13.3. The van der Waals surface area contributed by atoms with Gasteiger partial charge in [0.05, 0.1) is 12.0 Å². The van der Waals surface area contributed by atoms with Gasteiger partial charge >= 0.3 is 11.8 Å². The molecule has 3 rings (SSSR count). The highest BCUT2D eigenvalue weighted by Crippen LogP contribution is 2.35. The lowest BCUT2D eigenvalue weighted by atomic mass is 9.89. The second-order valence-corrected chi connectivity index (χ2v) is 11.0. The van der Waals surface area contributed by atoms with Crippen LogP contribution in [0.5, 0.6) is 5.75 Å². The summed E-state index contributed by atoms with van der Waals surface area (Å²) >= 11 is 6.83. The lowest BCUT2D eigenvalue weighted by molar-refractivity contribution is -0.385. The van der Waals surface area contributed by atoms with Crippen molar-refractivity contribution in [3.8, 4) is 5.75 Å². The van der Waals surface area contributed by atoms with Gasteiger partial charge in [-0.25, -0.2) is 4.79 Å². The molecule has 2 amide bonds. The van der Waals surface area contributed by atoms with Crippen LogP contribution >= 0.6 is 11.6 Å². The zero-order valence-corrected chi connectivity index (χ0v) is 21.9. The number of methoxy groups -OCH3 is 1. The summed E-state index contributed by atoms with van der Waals surface area (Å²) in [4.78, 5) is 39.9. The molecule has 1 aliphatic carbocycles. The Balaban J connectivity index is 1.75. The van der Waals surface area contributed by atoms with Gasteiger partial charge in [0.1, 0.15) is 11.1 Å². The fraction of sp³-hybridized carbons (Fsp3) is 0.680. The summed E-state index contributed by atoms with van der Waals surface area (Å²) in [5.41, 5.74) is -0.857. The Morgan fingerprint density at radius 3 is 2.37 bits per heavy atom. The Hall–Kier alpha value is -2.55. The number of alkyl halides is 1. The predicted molar refractivity (Wildman–Crippen MR) is 133 cm³/mol. The fourth-order valence-electron chi connectivity index (χ4n) is 4.56. The van der Waals surface area contributed by atoms with Crippen molar-refractivity contribution < 1.29 is 24.0 Å². The molecule has 2 unspecified atom stereocenters. The molecule has 9 nitrogen and oxygen atoms in total. The molecular formula is C25H36ClN3O6. The van der Waals surface area contributed by atoms with Crippen LogP contribution in [-0.2, 0) is 16.0 Å². The molecule has 0 aromatic heterocycles. The van der Waals surface area contributed by atoms with E-state index >= 15 is 0 Å². The van der Waals surface area contributed by atoms with E-state index < -0.39 is 22.1 Å². The van der Waals surface area contributed by atoms with Crippen LogP contribution in [0.4, 0.5) is 10.5 Å². The van der Waals surface area contributed by atoms with Gasteiger partial charge in [-0.2, -0.15) is 0 Å². The van der Waals surface area contributed by atoms with E-state index in [9.17, 15) is 19.7 Å². The van der Waals surface area contributed by atoms with Crippen molar-refractivity contribution in [3.05, 3.63) is 33.9 Å². The topological polar surface area (TPSA) is 102 Å². The summed E-state index contributed by atoms with van der Waals surface area (Å²) in [5.74, 6) is 0.759. The van der Waals surface area contributed by atoms with E-state index in [1.54, 1.807) is 37.8 Å². The zero-order chi connectivity index (χ0) is 25.9. The zero-order valence-electron chi connectivity index (χ0n) is 21.2. The van der Waals surface area contributed by atoms with Crippen molar-refractivity contribution >= 4 is 29.3 Å². The largest absolute Gasteiger partial charge is 0.490 e. The standard InChI is InChI=1S/C25H36ClN3O6/c1-16(18-10-12-27(13-11-18)23(30)19-7-8-19)28(24(31)35-25(2,3)4)22(26)15-17-6-9-20(29(32)33)21(14-17)34-5/h6,9,14,16,18-19,22H,7-8,10-13,15H2,1-5H3. The molecule has 1 aromatic rings. The van der Waals surface area contributed by atoms with Gasteiger partial charge in [-0.1, -0.05) is 17.7 Å². The normalized spacial score (nSPS) is 18.5. The molecule has 1 aromatic carbocycles. The van der Waals surface area contributed by atoms with Crippen molar-refractivity contribution in [2.45, 2.75) is 76.9 Å². The van der Waals surface area contributed by atoms with Gasteiger partial charge in [0.15, 0.2) is 5.75 Å². The minimum absolute atomic E-state index is 0.132. The second-order valence-electron chi connectivity index (χ2n) is 10.5. The molecule has 10 heteroatoms. The number of piperidine rings is 1. The highest BCUT2D eigenvalue weighted by Gasteiger charge is 2.39. The lowest BCUT2D eigenvalue weighted by Gasteiger charge is -2.41. The van der Waals surface area contributed by atoms with Crippen molar-refractivity contribution in [2.75, 3.05) is 20.2 Å². The van der Waals surface area contributed by atoms with E-state index in [-0.39, 0.29) is 41.6 Å². The average Bonchev–Trinajstić information content (AvgIpc) is 3.62. The SMILES string of the molecule is COc1cc(CC(Cl)N(C(=O)OC(C)(C)C)C(C)C2CCN(C(=O)C3CC3)CC2)ccc1[N+](=O)[O-]. The Morgan fingerprint density at radius 1 is 1.23 bits per heavy atom. The van der Waals surface area contributed by atoms with Gasteiger partial charge in [0, 0.05) is 37.5 Å². The van der Waals surface area contributed by atoms with Gasteiger partial charge in [0.25, 0.3) is 0 Å². The van der Waals surface area contributed by atoms with Crippen LogP contribution in [0.25, 0.3) is 0 Å². The smallest absolute Gasteiger partial charge is 0.411 e. The Labute approximate surface area is 211 Å². The summed E-state index contributed by atoms with van der Waals surface area (Å²) in [6.07, 6.45) is 3.31. The number of hydrogen-bond donors (Lipinski definition) is 0. The monoisotopic (exact) mass is 509 g/mol. The number of nitro benzene ring substituents is 1. The highest BCUT2D eigenvalue weighted by atomic mass is 35.5. The van der Waals surface area contributed by atoms with Crippen molar-refractivity contribution in [2.24, 2.45) is 11.8 Å². The molecule has 1 saturated heterocycles. The molecule has 0 radical (unpaired) electrons. The molecule has 0 N–H and O–H groups in total. The third-order valence-corrected chi connectivity index (χ3v) is 7.01. The molecule has 2 atom stereocenters. The average molecular weight is 510 g/mol. The van der Waals surface area contributed by atoms with E-state index in [4.69, 9.17) is 21.1 Å². The van der Waals surface area contributed by atoms with Crippen LogP contribution < -0.4 is 4.74 Å². The van der Waals surface area contributed by atoms with Crippen LogP contribution in [0.3, 0.4) is 0 Å². The maximum atomic E-state index is 13.3. The first kappa shape index (κ1) is 27.0. The van der Waals surface area contributed by atoms with E-state index in [0.29, 0.717) is 18.7 Å². The number of rotatable bonds is 8. The van der Waals surface area contributed by atoms with Crippen LogP contribution in [0.1, 0.15) is 58.9 Å². The Morgan fingerprint density at radius 2 is 1.86 bits per heavy atom. The number of nitro groups is 1. The molecule has 0 spiro atoms. The number of amides is 2. The molecule has 1 aliphatic heterocycles. The molecular weight excluding hydrogens is 474 g/mol. The number of hydrogen-bond acceptors (Lipinski definition) is 6. The first-order valence-corrected chi connectivity index (χ1v) is 12.6. The number of ether oxygens (including phenoxy) is 2. The van der Waals surface area contributed by atoms with Crippen LogP contribution in [0.15, 0.2) is 18.2 Å². The van der Waals surface area contributed by atoms with E-state index in [0.717, 1.165) is 25.7 Å². The minimum atomic E-state index is -0.739. The third kappa shape index (κ3) is 6.99. The fourth-order valence-corrected chi connectivity index (χ4v) is 5.00. The molecule has 35 heavy (non-hydrogen) atoms. The predicted octanol–water partition coefficient (Wildman–Crippen LogP) is 4.99. The number of carbonyl (C=O) groups is 2. The van der Waals surface area contributed by atoms with Crippen molar-refractivity contribution in [3.63, 3.8) is 0 Å². The molecule has 1 saturated carbocycles. The van der Waals surface area contributed by atoms with Gasteiger partial charge in [-0.3, -0.25) is 19.8 Å². The third-order valence-electron chi connectivity index (χ3n) is 6.65. The van der Waals surface area contributed by atoms with Crippen molar-refractivity contribution in [1.29, 1.82) is 0 Å². The van der Waals surface area contributed by atoms with E-state index in [1.807, 2.05) is 11.8 Å². The van der Waals surface area contributed by atoms with E-state index in [1.165, 1.54) is 13.2 Å². The van der Waals surface area contributed by atoms with Crippen molar-refractivity contribution in [1.82, 2.24) is 9.80 Å². The summed E-state index contributed by atoms with van der Waals surface area (Å²) in [6, 6.07) is 4.36. The highest BCUT2D eigenvalue weighted by molar-refractivity contribution is 6.21. The van der Waals surface area contributed by atoms with Gasteiger partial charge in [0.2, 0.25) is 5.91 Å². The molecule has 0 bridgehead atoms. The number of nitrogens with zero attached hydrogens (tertiary/aromatic N) is 3. The first-order valence-electron chi connectivity index (χ1n) is 12.2. The molecule has 194 valence electrons. The summed E-state index contributed by atoms with van der Waals surface area (Å²) in [6.45, 7) is 8.75. The van der Waals surface area contributed by atoms with Crippen LogP contribution in [0.2, 0.25) is 0 Å². The molecule has 1 heterocycles. The lowest BCUT2D eigenvalue weighted by Crippen LogP contribution is -2.52. The number of carbonyl (C=O) groups excluding carboxylic acids is 2. The number of likely N-dealkylation sites (tertiary alicyclic amines) is 1. The first-order chi connectivity index (χ1) is 16.4. The summed E-state index contributed by atoms with van der Waals surface area (Å²) in [5, 5.41) is 11.2. The minimum Gasteiger partial charge on any atom is -0.490 e. The van der Waals surface area contributed by atoms with Gasteiger partial charge in [-0.15, -0.1) is 0 Å². The number of benzene rings is 1. The van der Waals surface area contributed by atoms with E-state index in [2.05, 4.69) is 0 Å². The van der Waals surface area contributed by atoms with Crippen LogP contribution in [0, 0.1) is 22.0 Å².